The van der Waals surface area contributed by atoms with Crippen LogP contribution in [-0.4, -0.2) is 35.3 Å². The Balaban J connectivity index is 3.16. The predicted octanol–water partition coefficient (Wildman–Crippen LogP) is -0.460. The largest absolute Gasteiger partial charge is 0.332 e. The van der Waals surface area contributed by atoms with Gasteiger partial charge in [-0.1, -0.05) is 0 Å². The fourth-order valence-electron chi connectivity index (χ4n) is 1.07. The van der Waals surface area contributed by atoms with Gasteiger partial charge < -0.3 is 4.57 Å². The number of carbonyl (C=O) groups excluding carboxylic acids is 1. The molecule has 0 saturated heterocycles. The fraction of sp³-hybridized carbons (Fsp3) is 0.375. The lowest BCUT2D eigenvalue weighted by atomic mass is 10.3. The molecule has 0 aliphatic carbocycles. The van der Waals surface area contributed by atoms with Gasteiger partial charge in [0, 0.05) is 25.7 Å². The number of hydrogen-bond acceptors (Lipinski definition) is 5. The van der Waals surface area contributed by atoms with Crippen LogP contribution in [0.4, 0.5) is 0 Å². The fourth-order valence-corrected chi connectivity index (χ4v) is 1.75. The molecule has 0 aliphatic heterocycles. The van der Waals surface area contributed by atoms with Crippen LogP contribution in [0.1, 0.15) is 10.6 Å². The number of carbonyl (C=O) groups is 1. The van der Waals surface area contributed by atoms with E-state index >= 15 is 0 Å². The second-order valence-corrected chi connectivity index (χ2v) is 5.20. The summed E-state index contributed by atoms with van der Waals surface area (Å²) in [6, 6.07) is 1.47. The molecule has 1 aromatic rings. The molecule has 0 bridgehead atoms. The lowest BCUT2D eigenvalue weighted by molar-refractivity contribution is 0.0988. The number of nitriles is 1. The van der Waals surface area contributed by atoms with Gasteiger partial charge in [-0.25, -0.2) is 13.4 Å². The van der Waals surface area contributed by atoms with Crippen LogP contribution >= 0.6 is 0 Å². The minimum absolute atomic E-state index is 0.0352. The molecule has 1 atom stereocenters. The van der Waals surface area contributed by atoms with Crippen molar-refractivity contribution in [3.05, 3.63) is 18.2 Å². The number of imidazole rings is 1. The van der Waals surface area contributed by atoms with Crippen molar-refractivity contribution in [2.45, 2.75) is 5.25 Å². The zero-order chi connectivity index (χ0) is 11.6. The summed E-state index contributed by atoms with van der Waals surface area (Å²) in [5, 5.41) is 6.95. The Morgan fingerprint density at radius 3 is 2.60 bits per heavy atom. The SMILES string of the molecule is Cn1ccnc1C(=O)C(C#N)S(C)(=O)=O. The average Bonchev–Trinajstić information content (AvgIpc) is 2.49. The molecule has 15 heavy (non-hydrogen) atoms. The van der Waals surface area contributed by atoms with Crippen molar-refractivity contribution in [1.82, 2.24) is 9.55 Å². The summed E-state index contributed by atoms with van der Waals surface area (Å²) in [7, 11) is -2.17. The van der Waals surface area contributed by atoms with Crippen LogP contribution in [0.2, 0.25) is 0 Å². The van der Waals surface area contributed by atoms with Gasteiger partial charge in [0.15, 0.2) is 15.7 Å². The maximum absolute atomic E-state index is 11.6. The topological polar surface area (TPSA) is 92.8 Å². The van der Waals surface area contributed by atoms with Crippen LogP contribution < -0.4 is 0 Å². The number of hydrogen-bond donors (Lipinski definition) is 0. The van der Waals surface area contributed by atoms with E-state index in [4.69, 9.17) is 5.26 Å². The van der Waals surface area contributed by atoms with Gasteiger partial charge in [-0.2, -0.15) is 5.26 Å². The van der Waals surface area contributed by atoms with Gasteiger partial charge in [0.25, 0.3) is 0 Å². The number of Topliss-reactive ketones (excluding diaryl/α,β-unsaturated/α-hetero) is 1. The third kappa shape index (κ3) is 2.22. The van der Waals surface area contributed by atoms with E-state index in [0.717, 1.165) is 6.26 Å². The number of nitrogens with zero attached hydrogens (tertiary/aromatic N) is 3. The molecule has 0 fully saturated rings. The predicted molar refractivity (Wildman–Crippen MR) is 51.8 cm³/mol. The summed E-state index contributed by atoms with van der Waals surface area (Å²) in [6.07, 6.45) is 3.72. The third-order valence-electron chi connectivity index (χ3n) is 1.83. The quantitative estimate of drug-likeness (QED) is 0.651. The summed E-state index contributed by atoms with van der Waals surface area (Å²) in [5.74, 6) is -0.834. The lowest BCUT2D eigenvalue weighted by Gasteiger charge is -2.05. The summed E-state index contributed by atoms with van der Waals surface area (Å²) in [6.45, 7) is 0. The summed E-state index contributed by atoms with van der Waals surface area (Å²) in [4.78, 5) is 15.3. The van der Waals surface area contributed by atoms with E-state index in [2.05, 4.69) is 4.98 Å². The monoisotopic (exact) mass is 227 g/mol. The molecule has 1 rings (SSSR count). The molecular formula is C8H9N3O3S. The summed E-state index contributed by atoms with van der Waals surface area (Å²) in [5.41, 5.74) is 0. The molecule has 1 heterocycles. The maximum Gasteiger partial charge on any atom is 0.230 e. The summed E-state index contributed by atoms with van der Waals surface area (Å²) < 4.78 is 23.6. The van der Waals surface area contributed by atoms with Crippen LogP contribution in [-0.2, 0) is 16.9 Å². The summed E-state index contributed by atoms with van der Waals surface area (Å²) >= 11 is 0. The van der Waals surface area contributed by atoms with Gasteiger partial charge in [0.05, 0.1) is 6.07 Å². The number of ketones is 1. The van der Waals surface area contributed by atoms with Crippen molar-refractivity contribution in [2.75, 3.05) is 6.26 Å². The zero-order valence-corrected chi connectivity index (χ0v) is 9.02. The average molecular weight is 227 g/mol. The van der Waals surface area contributed by atoms with Crippen LogP contribution in [0, 0.1) is 11.3 Å². The van der Waals surface area contributed by atoms with E-state index in [0.29, 0.717) is 0 Å². The highest BCUT2D eigenvalue weighted by molar-refractivity contribution is 7.92. The van der Waals surface area contributed by atoms with Gasteiger partial charge in [0.2, 0.25) is 11.0 Å². The standard InChI is InChI=1S/C8H9N3O3S/c1-11-4-3-10-8(11)7(12)6(5-9)15(2,13)14/h3-4,6H,1-2H3. The highest BCUT2D eigenvalue weighted by Gasteiger charge is 2.31. The van der Waals surface area contributed by atoms with Crippen LogP contribution in [0.5, 0.6) is 0 Å². The third-order valence-corrected chi connectivity index (χ3v) is 3.00. The van der Waals surface area contributed by atoms with E-state index in [1.54, 1.807) is 7.05 Å². The van der Waals surface area contributed by atoms with E-state index in [1.807, 2.05) is 0 Å². The van der Waals surface area contributed by atoms with Crippen LogP contribution in [0.25, 0.3) is 0 Å². The first kappa shape index (κ1) is 11.4. The Hall–Kier alpha value is -1.68. The van der Waals surface area contributed by atoms with E-state index in [9.17, 15) is 13.2 Å². The van der Waals surface area contributed by atoms with Crippen molar-refractivity contribution in [2.24, 2.45) is 7.05 Å². The Kier molecular flexibility index (Phi) is 2.90. The molecule has 7 heteroatoms. The minimum Gasteiger partial charge on any atom is -0.332 e. The molecular weight excluding hydrogens is 218 g/mol. The van der Waals surface area contributed by atoms with Gasteiger partial charge >= 0.3 is 0 Å². The second-order valence-electron chi connectivity index (χ2n) is 3.06. The lowest BCUT2D eigenvalue weighted by Crippen LogP contribution is -2.29. The molecule has 0 amide bonds. The molecule has 0 aliphatic rings. The van der Waals surface area contributed by atoms with Crippen molar-refractivity contribution in [3.63, 3.8) is 0 Å². The molecule has 0 spiro atoms. The van der Waals surface area contributed by atoms with Crippen molar-refractivity contribution in [3.8, 4) is 6.07 Å². The number of sulfone groups is 1. The molecule has 0 aromatic carbocycles. The first-order valence-corrected chi connectivity index (χ1v) is 5.93. The molecule has 1 unspecified atom stereocenters. The number of aryl methyl sites for hydroxylation is 1. The van der Waals surface area contributed by atoms with E-state index in [1.165, 1.54) is 23.0 Å². The van der Waals surface area contributed by atoms with Crippen LogP contribution in [0.15, 0.2) is 12.4 Å². The smallest absolute Gasteiger partial charge is 0.230 e. The second kappa shape index (κ2) is 3.82. The normalized spacial score (nSPS) is 13.1. The minimum atomic E-state index is -3.72. The molecule has 0 N–H and O–H groups in total. The number of rotatable bonds is 3. The van der Waals surface area contributed by atoms with Crippen LogP contribution in [0.3, 0.4) is 0 Å². The zero-order valence-electron chi connectivity index (χ0n) is 8.21. The molecule has 6 nitrogen and oxygen atoms in total. The van der Waals surface area contributed by atoms with Crippen molar-refractivity contribution < 1.29 is 13.2 Å². The molecule has 0 radical (unpaired) electrons. The number of aromatic nitrogens is 2. The van der Waals surface area contributed by atoms with Gasteiger partial charge in [-0.15, -0.1) is 0 Å². The van der Waals surface area contributed by atoms with Gasteiger partial charge in [-0.3, -0.25) is 4.79 Å². The van der Waals surface area contributed by atoms with E-state index in [-0.39, 0.29) is 5.82 Å². The van der Waals surface area contributed by atoms with Gasteiger partial charge in [0.1, 0.15) is 0 Å². The molecule has 0 saturated carbocycles. The molecule has 80 valence electrons. The van der Waals surface area contributed by atoms with Crippen molar-refractivity contribution >= 4 is 15.6 Å². The highest BCUT2D eigenvalue weighted by Crippen LogP contribution is 2.06. The molecule has 1 aromatic heterocycles. The highest BCUT2D eigenvalue weighted by atomic mass is 32.2. The first-order valence-electron chi connectivity index (χ1n) is 3.98. The Morgan fingerprint density at radius 2 is 2.27 bits per heavy atom. The Bertz CT molecular complexity index is 524. The van der Waals surface area contributed by atoms with Gasteiger partial charge in [-0.05, 0) is 0 Å². The first-order chi connectivity index (χ1) is 6.88. The van der Waals surface area contributed by atoms with Crippen molar-refractivity contribution in [1.29, 1.82) is 5.26 Å². The van der Waals surface area contributed by atoms with E-state index < -0.39 is 20.9 Å². The Morgan fingerprint density at radius 1 is 1.67 bits per heavy atom. The Labute approximate surface area is 87.1 Å². The maximum atomic E-state index is 11.6.